The molecule has 1 aromatic carbocycles. The topological polar surface area (TPSA) is 75.7 Å². The van der Waals surface area contributed by atoms with Crippen molar-refractivity contribution in [3.63, 3.8) is 0 Å². The molecule has 6 nitrogen and oxygen atoms in total. The van der Waals surface area contributed by atoms with Crippen LogP contribution in [0.4, 0.5) is 10.5 Å². The highest BCUT2D eigenvalue weighted by Gasteiger charge is 2.24. The number of nitrogens with zero attached hydrogens (tertiary/aromatic N) is 1. The number of hydrogen-bond acceptors (Lipinski definition) is 5. The van der Waals surface area contributed by atoms with Crippen LogP contribution in [-0.2, 0) is 14.3 Å². The number of thioether (sulfide) groups is 1. The van der Waals surface area contributed by atoms with E-state index in [-0.39, 0.29) is 18.4 Å². The van der Waals surface area contributed by atoms with E-state index in [0.717, 1.165) is 11.1 Å². The van der Waals surface area contributed by atoms with Gasteiger partial charge in [0.2, 0.25) is 0 Å². The number of ether oxygens (including phenoxy) is 1. The first-order valence-electron chi connectivity index (χ1n) is 6.89. The fourth-order valence-corrected chi connectivity index (χ4v) is 2.99. The third-order valence-corrected chi connectivity index (χ3v) is 3.93. The average Bonchev–Trinajstić information content (AvgIpc) is 2.81. The number of carbonyl (C=O) groups is 3. The molecule has 118 valence electrons. The van der Waals surface area contributed by atoms with Crippen molar-refractivity contribution < 1.29 is 19.1 Å². The van der Waals surface area contributed by atoms with Crippen molar-refractivity contribution in [1.82, 2.24) is 4.90 Å². The molecule has 0 spiro atoms. The fourth-order valence-electron chi connectivity index (χ4n) is 2.16. The number of nitrogens with one attached hydrogen (secondary N) is 1. The molecule has 2 amide bonds. The molecule has 0 aliphatic carbocycles. The maximum atomic E-state index is 11.8. The van der Waals surface area contributed by atoms with E-state index in [1.54, 1.807) is 0 Å². The van der Waals surface area contributed by atoms with Crippen LogP contribution in [0.3, 0.4) is 0 Å². The first kappa shape index (κ1) is 16.4. The first-order chi connectivity index (χ1) is 10.4. The number of hydrogen-bond donors (Lipinski definition) is 1. The largest absolute Gasteiger partial charge is 0.454 e. The van der Waals surface area contributed by atoms with Gasteiger partial charge in [-0.1, -0.05) is 17.8 Å². The van der Waals surface area contributed by atoms with Gasteiger partial charge < -0.3 is 15.0 Å². The summed E-state index contributed by atoms with van der Waals surface area (Å²) in [6, 6.07) is 5.68. The van der Waals surface area contributed by atoms with E-state index in [1.165, 1.54) is 16.7 Å². The van der Waals surface area contributed by atoms with E-state index >= 15 is 0 Å². The first-order valence-corrected chi connectivity index (χ1v) is 7.88. The van der Waals surface area contributed by atoms with Gasteiger partial charge in [-0.05, 0) is 37.1 Å². The summed E-state index contributed by atoms with van der Waals surface area (Å²) in [6.07, 6.45) is 0. The Labute approximate surface area is 133 Å². The van der Waals surface area contributed by atoms with E-state index in [9.17, 15) is 14.4 Å². The molecular formula is C15H18N2O4S. The lowest BCUT2D eigenvalue weighted by Crippen LogP contribution is -2.32. The molecule has 1 aliphatic heterocycles. The maximum Gasteiger partial charge on any atom is 0.326 e. The molecule has 7 heteroatoms. The highest BCUT2D eigenvalue weighted by Crippen LogP contribution is 2.16. The predicted molar refractivity (Wildman–Crippen MR) is 84.9 cm³/mol. The smallest absolute Gasteiger partial charge is 0.326 e. The van der Waals surface area contributed by atoms with Gasteiger partial charge >= 0.3 is 5.97 Å². The maximum absolute atomic E-state index is 11.8. The molecule has 1 heterocycles. The molecule has 0 bridgehead atoms. The summed E-state index contributed by atoms with van der Waals surface area (Å²) < 4.78 is 4.89. The number of aryl methyl sites for hydroxylation is 2. The van der Waals surface area contributed by atoms with Gasteiger partial charge in [-0.2, -0.15) is 0 Å². The molecule has 1 N–H and O–H groups in total. The molecule has 0 atom stereocenters. The van der Waals surface area contributed by atoms with Gasteiger partial charge in [0, 0.05) is 18.0 Å². The van der Waals surface area contributed by atoms with Gasteiger partial charge in [0.1, 0.15) is 6.54 Å². The number of amides is 2. The Hall–Kier alpha value is -2.02. The van der Waals surface area contributed by atoms with Crippen LogP contribution in [0.1, 0.15) is 11.1 Å². The lowest BCUT2D eigenvalue weighted by molar-refractivity contribution is -0.147. The van der Waals surface area contributed by atoms with Crippen LogP contribution in [-0.4, -0.2) is 47.5 Å². The van der Waals surface area contributed by atoms with Gasteiger partial charge in [-0.25, -0.2) is 0 Å². The van der Waals surface area contributed by atoms with Crippen molar-refractivity contribution in [2.45, 2.75) is 13.8 Å². The number of esters is 1. The van der Waals surface area contributed by atoms with Crippen LogP contribution in [0.2, 0.25) is 0 Å². The van der Waals surface area contributed by atoms with Crippen molar-refractivity contribution in [3.05, 3.63) is 29.3 Å². The second-order valence-corrected chi connectivity index (χ2v) is 6.17. The summed E-state index contributed by atoms with van der Waals surface area (Å²) in [5.41, 5.74) is 2.75. The molecule has 0 aromatic heterocycles. The molecule has 2 rings (SSSR count). The Morgan fingerprint density at radius 1 is 1.27 bits per heavy atom. The zero-order chi connectivity index (χ0) is 16.1. The molecule has 1 aliphatic rings. The lowest BCUT2D eigenvalue weighted by atomic mass is 10.1. The van der Waals surface area contributed by atoms with Crippen LogP contribution in [0.25, 0.3) is 0 Å². The minimum atomic E-state index is -0.577. The second-order valence-electron chi connectivity index (χ2n) is 5.12. The summed E-state index contributed by atoms with van der Waals surface area (Å²) in [7, 11) is 0. The highest BCUT2D eigenvalue weighted by molar-refractivity contribution is 8.13. The standard InChI is InChI=1S/C15H18N2O4S/c1-10-5-11(2)7-12(6-10)16-13(18)9-21-14(19)8-17-3-4-22-15(17)20/h5-7H,3-4,8-9H2,1-2H3,(H,16,18). The SMILES string of the molecule is Cc1cc(C)cc(NC(=O)COC(=O)CN2CCSC2=O)c1. The lowest BCUT2D eigenvalue weighted by Gasteiger charge is -2.13. The van der Waals surface area contributed by atoms with Crippen LogP contribution < -0.4 is 5.32 Å². The summed E-state index contributed by atoms with van der Waals surface area (Å²) >= 11 is 1.18. The van der Waals surface area contributed by atoms with E-state index in [4.69, 9.17) is 4.74 Å². The normalized spacial score (nSPS) is 14.1. The molecular weight excluding hydrogens is 304 g/mol. The molecule has 0 unspecified atom stereocenters. The van der Waals surface area contributed by atoms with Crippen molar-refractivity contribution in [1.29, 1.82) is 0 Å². The summed E-state index contributed by atoms with van der Waals surface area (Å²) in [5.74, 6) is -0.300. The molecule has 22 heavy (non-hydrogen) atoms. The van der Waals surface area contributed by atoms with Crippen molar-refractivity contribution in [3.8, 4) is 0 Å². The van der Waals surface area contributed by atoms with Crippen LogP contribution in [0.15, 0.2) is 18.2 Å². The number of carbonyl (C=O) groups excluding carboxylic acids is 3. The van der Waals surface area contributed by atoms with Gasteiger partial charge in [-0.3, -0.25) is 14.4 Å². The van der Waals surface area contributed by atoms with Crippen LogP contribution in [0, 0.1) is 13.8 Å². The zero-order valence-electron chi connectivity index (χ0n) is 12.5. The van der Waals surface area contributed by atoms with Crippen LogP contribution in [0.5, 0.6) is 0 Å². The summed E-state index contributed by atoms with van der Waals surface area (Å²) in [5, 5.41) is 2.55. The van der Waals surface area contributed by atoms with Gasteiger partial charge in [0.25, 0.3) is 11.1 Å². The predicted octanol–water partition coefficient (Wildman–Crippen LogP) is 1.95. The Kier molecular flexibility index (Phi) is 5.43. The second kappa shape index (κ2) is 7.31. The van der Waals surface area contributed by atoms with Crippen molar-refractivity contribution in [2.75, 3.05) is 30.8 Å². The fraction of sp³-hybridized carbons (Fsp3) is 0.400. The monoisotopic (exact) mass is 322 g/mol. The molecule has 0 saturated carbocycles. The van der Waals surface area contributed by atoms with Gasteiger partial charge in [0.15, 0.2) is 6.61 Å². The zero-order valence-corrected chi connectivity index (χ0v) is 13.4. The Balaban J connectivity index is 1.77. The van der Waals surface area contributed by atoms with E-state index in [1.807, 2.05) is 32.0 Å². The number of anilines is 1. The van der Waals surface area contributed by atoms with Crippen LogP contribution >= 0.6 is 11.8 Å². The minimum Gasteiger partial charge on any atom is -0.454 e. The summed E-state index contributed by atoms with van der Waals surface area (Å²) in [4.78, 5) is 36.1. The molecule has 0 radical (unpaired) electrons. The third kappa shape index (κ3) is 4.77. The molecule has 1 aromatic rings. The van der Waals surface area contributed by atoms with Crippen molar-refractivity contribution >= 4 is 34.6 Å². The Morgan fingerprint density at radius 2 is 1.95 bits per heavy atom. The van der Waals surface area contributed by atoms with E-state index in [2.05, 4.69) is 5.32 Å². The van der Waals surface area contributed by atoms with E-state index < -0.39 is 11.9 Å². The molecule has 1 saturated heterocycles. The van der Waals surface area contributed by atoms with Crippen molar-refractivity contribution in [2.24, 2.45) is 0 Å². The highest BCUT2D eigenvalue weighted by atomic mass is 32.2. The third-order valence-electron chi connectivity index (χ3n) is 3.03. The van der Waals surface area contributed by atoms with Gasteiger partial charge in [-0.15, -0.1) is 0 Å². The number of rotatable bonds is 5. The van der Waals surface area contributed by atoms with Gasteiger partial charge in [0.05, 0.1) is 0 Å². The minimum absolute atomic E-state index is 0.108. The van der Waals surface area contributed by atoms with E-state index in [0.29, 0.717) is 18.0 Å². The Morgan fingerprint density at radius 3 is 2.55 bits per heavy atom. The summed E-state index contributed by atoms with van der Waals surface area (Å²) in [6.45, 7) is 3.94. The Bertz CT molecular complexity index is 583. The average molecular weight is 322 g/mol. The molecule has 1 fully saturated rings. The number of benzene rings is 1. The quantitative estimate of drug-likeness (QED) is 0.839.